The van der Waals surface area contributed by atoms with E-state index >= 15 is 0 Å². The van der Waals surface area contributed by atoms with Crippen LogP contribution in [0.25, 0.3) is 0 Å². The number of benzene rings is 1. The maximum absolute atomic E-state index is 12.1. The molecule has 9 heteroatoms. The standard InChI is InChI=1S/C12H11Cl2N3O4/c13-6-3-7(11(19)20)10(8(14)4-6)16-12(21)17-2-1-15-9(18)5-17/h3-4H,1-2,5H2,(H,15,18)(H,16,21)(H,19,20). The Kier molecular flexibility index (Phi) is 4.54. The summed E-state index contributed by atoms with van der Waals surface area (Å²) in [6.45, 7) is 0.566. The lowest BCUT2D eigenvalue weighted by Gasteiger charge is -2.27. The molecule has 0 spiro atoms. The number of carbonyl (C=O) groups is 3. The molecule has 1 aromatic rings. The summed E-state index contributed by atoms with van der Waals surface area (Å²) in [7, 11) is 0. The number of carboxylic acid groups (broad SMARTS) is 1. The van der Waals surface area contributed by atoms with Crippen LogP contribution in [0.5, 0.6) is 0 Å². The monoisotopic (exact) mass is 331 g/mol. The SMILES string of the molecule is O=C1CN(C(=O)Nc2c(Cl)cc(Cl)cc2C(=O)O)CCN1. The number of piperazine rings is 1. The molecule has 3 N–H and O–H groups in total. The maximum Gasteiger partial charge on any atom is 0.337 e. The molecule has 3 amide bonds. The van der Waals surface area contributed by atoms with Crippen molar-refractivity contribution in [2.45, 2.75) is 0 Å². The third-order valence-corrected chi connectivity index (χ3v) is 3.36. The number of nitrogens with one attached hydrogen (secondary N) is 2. The molecule has 1 aliphatic heterocycles. The Morgan fingerprint density at radius 1 is 1.33 bits per heavy atom. The fraction of sp³-hybridized carbons (Fsp3) is 0.250. The van der Waals surface area contributed by atoms with E-state index in [9.17, 15) is 14.4 Å². The number of anilines is 1. The number of hydrogen-bond donors (Lipinski definition) is 3. The quantitative estimate of drug-likeness (QED) is 0.767. The van der Waals surface area contributed by atoms with Crippen LogP contribution in [-0.2, 0) is 4.79 Å². The van der Waals surface area contributed by atoms with Crippen LogP contribution < -0.4 is 10.6 Å². The minimum absolute atomic E-state index is 0.00899. The molecule has 7 nitrogen and oxygen atoms in total. The van der Waals surface area contributed by atoms with E-state index in [2.05, 4.69) is 10.6 Å². The van der Waals surface area contributed by atoms with E-state index in [1.807, 2.05) is 0 Å². The Morgan fingerprint density at radius 2 is 2.05 bits per heavy atom. The second-order valence-corrected chi connectivity index (χ2v) is 5.16. The maximum atomic E-state index is 12.1. The van der Waals surface area contributed by atoms with Crippen molar-refractivity contribution in [2.75, 3.05) is 25.0 Å². The van der Waals surface area contributed by atoms with E-state index in [1.165, 1.54) is 17.0 Å². The van der Waals surface area contributed by atoms with Crippen molar-refractivity contribution in [3.63, 3.8) is 0 Å². The third kappa shape index (κ3) is 3.56. The smallest absolute Gasteiger partial charge is 0.337 e. The van der Waals surface area contributed by atoms with Crippen LogP contribution in [0.2, 0.25) is 10.0 Å². The van der Waals surface area contributed by atoms with Crippen LogP contribution in [0.1, 0.15) is 10.4 Å². The van der Waals surface area contributed by atoms with Crippen molar-refractivity contribution in [1.29, 1.82) is 0 Å². The highest BCUT2D eigenvalue weighted by molar-refractivity contribution is 6.37. The molecule has 21 heavy (non-hydrogen) atoms. The molecule has 1 saturated heterocycles. The first-order valence-electron chi connectivity index (χ1n) is 5.93. The number of carbonyl (C=O) groups excluding carboxylic acids is 2. The first-order valence-corrected chi connectivity index (χ1v) is 6.69. The van der Waals surface area contributed by atoms with Crippen molar-refractivity contribution in [2.24, 2.45) is 0 Å². The lowest BCUT2D eigenvalue weighted by molar-refractivity contribution is -0.123. The molecule has 1 aliphatic rings. The molecule has 2 rings (SSSR count). The number of halogens is 2. The highest BCUT2D eigenvalue weighted by atomic mass is 35.5. The summed E-state index contributed by atoms with van der Waals surface area (Å²) in [5.41, 5.74) is -0.271. The zero-order valence-electron chi connectivity index (χ0n) is 10.7. The van der Waals surface area contributed by atoms with Gasteiger partial charge in [-0.15, -0.1) is 0 Å². The lowest BCUT2D eigenvalue weighted by Crippen LogP contribution is -2.51. The van der Waals surface area contributed by atoms with Crippen molar-refractivity contribution in [3.8, 4) is 0 Å². The molecule has 0 saturated carbocycles. The van der Waals surface area contributed by atoms with E-state index in [4.69, 9.17) is 28.3 Å². The first-order chi connectivity index (χ1) is 9.88. The molecule has 1 aromatic carbocycles. The zero-order chi connectivity index (χ0) is 15.6. The minimum atomic E-state index is -1.27. The topological polar surface area (TPSA) is 98.7 Å². The average Bonchev–Trinajstić information content (AvgIpc) is 2.41. The Labute approximate surface area is 129 Å². The summed E-state index contributed by atoms with van der Waals surface area (Å²) >= 11 is 11.7. The van der Waals surface area contributed by atoms with Crippen LogP contribution in [-0.4, -0.2) is 47.5 Å². The number of amides is 3. The molecule has 0 bridgehead atoms. The average molecular weight is 332 g/mol. The van der Waals surface area contributed by atoms with Gasteiger partial charge in [-0.1, -0.05) is 23.2 Å². The number of nitrogens with zero attached hydrogens (tertiary/aromatic N) is 1. The van der Waals surface area contributed by atoms with Gasteiger partial charge in [-0.2, -0.15) is 0 Å². The second-order valence-electron chi connectivity index (χ2n) is 4.32. The summed E-state index contributed by atoms with van der Waals surface area (Å²) in [6.07, 6.45) is 0. The minimum Gasteiger partial charge on any atom is -0.478 e. The van der Waals surface area contributed by atoms with Gasteiger partial charge in [0.25, 0.3) is 0 Å². The summed E-state index contributed by atoms with van der Waals surface area (Å²) in [5.74, 6) is -1.55. The predicted molar refractivity (Wildman–Crippen MR) is 77.0 cm³/mol. The molecule has 1 fully saturated rings. The molecule has 0 aromatic heterocycles. The van der Waals surface area contributed by atoms with Crippen molar-refractivity contribution in [3.05, 3.63) is 27.7 Å². The van der Waals surface area contributed by atoms with Crippen molar-refractivity contribution < 1.29 is 19.5 Å². The summed E-state index contributed by atoms with van der Waals surface area (Å²) in [4.78, 5) is 35.8. The fourth-order valence-corrected chi connectivity index (χ4v) is 2.41. The molecule has 0 atom stereocenters. The lowest BCUT2D eigenvalue weighted by atomic mass is 10.2. The number of carboxylic acids is 1. The third-order valence-electron chi connectivity index (χ3n) is 2.84. The van der Waals surface area contributed by atoms with Gasteiger partial charge in [-0.3, -0.25) is 4.79 Å². The van der Waals surface area contributed by atoms with Gasteiger partial charge in [-0.05, 0) is 12.1 Å². The first kappa shape index (κ1) is 15.4. The van der Waals surface area contributed by atoms with Gasteiger partial charge in [0, 0.05) is 18.1 Å². The molecule has 0 unspecified atom stereocenters. The Morgan fingerprint density at radius 3 is 2.67 bits per heavy atom. The van der Waals surface area contributed by atoms with E-state index in [1.54, 1.807) is 0 Å². The molecular weight excluding hydrogens is 321 g/mol. The number of hydrogen-bond acceptors (Lipinski definition) is 3. The van der Waals surface area contributed by atoms with Crippen LogP contribution in [0.3, 0.4) is 0 Å². The van der Waals surface area contributed by atoms with Crippen LogP contribution >= 0.6 is 23.2 Å². The predicted octanol–water partition coefficient (Wildman–Crippen LogP) is 1.66. The Bertz CT molecular complexity index is 621. The van der Waals surface area contributed by atoms with Crippen molar-refractivity contribution in [1.82, 2.24) is 10.2 Å². The largest absolute Gasteiger partial charge is 0.478 e. The van der Waals surface area contributed by atoms with Crippen molar-refractivity contribution >= 4 is 46.8 Å². The van der Waals surface area contributed by atoms with Gasteiger partial charge in [0.05, 0.1) is 16.3 Å². The van der Waals surface area contributed by atoms with Gasteiger partial charge < -0.3 is 20.6 Å². The van der Waals surface area contributed by atoms with Crippen LogP contribution in [0.15, 0.2) is 12.1 Å². The van der Waals surface area contributed by atoms with Gasteiger partial charge in [0.15, 0.2) is 0 Å². The summed E-state index contributed by atoms with van der Waals surface area (Å²) < 4.78 is 0. The molecule has 112 valence electrons. The molecular formula is C12H11Cl2N3O4. The van der Waals surface area contributed by atoms with Crippen LogP contribution in [0.4, 0.5) is 10.5 Å². The zero-order valence-corrected chi connectivity index (χ0v) is 12.2. The van der Waals surface area contributed by atoms with Gasteiger partial charge in [-0.25, -0.2) is 9.59 Å². The fourth-order valence-electron chi connectivity index (χ4n) is 1.87. The number of urea groups is 1. The second kappa shape index (κ2) is 6.19. The number of aromatic carboxylic acids is 1. The Balaban J connectivity index is 2.24. The van der Waals surface area contributed by atoms with E-state index in [0.717, 1.165) is 0 Å². The number of rotatable bonds is 2. The normalized spacial score (nSPS) is 14.6. The van der Waals surface area contributed by atoms with Gasteiger partial charge in [0.2, 0.25) is 5.91 Å². The highest BCUT2D eigenvalue weighted by Gasteiger charge is 2.24. The van der Waals surface area contributed by atoms with E-state index in [0.29, 0.717) is 13.1 Å². The molecule has 0 radical (unpaired) electrons. The highest BCUT2D eigenvalue weighted by Crippen LogP contribution is 2.30. The van der Waals surface area contributed by atoms with Gasteiger partial charge >= 0.3 is 12.0 Å². The van der Waals surface area contributed by atoms with E-state index in [-0.39, 0.29) is 33.7 Å². The Hall–Kier alpha value is -1.99. The molecule has 0 aliphatic carbocycles. The van der Waals surface area contributed by atoms with E-state index < -0.39 is 12.0 Å². The summed E-state index contributed by atoms with van der Waals surface area (Å²) in [6, 6.07) is 1.92. The van der Waals surface area contributed by atoms with Crippen LogP contribution in [0, 0.1) is 0 Å². The molecule has 1 heterocycles. The summed E-state index contributed by atoms with van der Waals surface area (Å²) in [5, 5.41) is 14.3. The van der Waals surface area contributed by atoms with Gasteiger partial charge in [0.1, 0.15) is 6.54 Å².